The molecule has 2 N–H and O–H groups in total. The van der Waals surface area contributed by atoms with Crippen LogP contribution < -0.4 is 5.32 Å². The molecule has 0 aromatic rings. The third kappa shape index (κ3) is 5.97. The molecule has 0 saturated heterocycles. The van der Waals surface area contributed by atoms with Crippen molar-refractivity contribution in [3.05, 3.63) is 0 Å². The highest BCUT2D eigenvalue weighted by Gasteiger charge is 2.29. The van der Waals surface area contributed by atoms with Crippen molar-refractivity contribution in [2.24, 2.45) is 5.41 Å². The minimum atomic E-state index is -0.748. The van der Waals surface area contributed by atoms with Crippen molar-refractivity contribution in [3.8, 4) is 0 Å². The fourth-order valence-electron chi connectivity index (χ4n) is 1.27. The van der Waals surface area contributed by atoms with Gasteiger partial charge in [0.2, 0.25) is 0 Å². The summed E-state index contributed by atoms with van der Waals surface area (Å²) >= 11 is 0. The van der Waals surface area contributed by atoms with Gasteiger partial charge in [-0.1, -0.05) is 20.8 Å². The molecule has 0 saturated carbocycles. The molecule has 0 bridgehead atoms. The Labute approximate surface area is 86.9 Å². The first-order valence-corrected chi connectivity index (χ1v) is 5.02. The van der Waals surface area contributed by atoms with E-state index in [0.717, 1.165) is 0 Å². The lowest BCUT2D eigenvalue weighted by Gasteiger charge is -2.36. The molecule has 0 aromatic carbocycles. The fourth-order valence-corrected chi connectivity index (χ4v) is 1.27. The van der Waals surface area contributed by atoms with Crippen molar-refractivity contribution in [2.45, 2.75) is 59.5 Å². The van der Waals surface area contributed by atoms with Crippen LogP contribution in [-0.4, -0.2) is 22.7 Å². The number of carboxylic acid groups (broad SMARTS) is 1. The van der Waals surface area contributed by atoms with E-state index in [4.69, 9.17) is 5.11 Å². The topological polar surface area (TPSA) is 49.3 Å². The second kappa shape index (κ2) is 4.30. The summed E-state index contributed by atoms with van der Waals surface area (Å²) in [7, 11) is 0. The molecule has 0 spiro atoms. The molecule has 84 valence electrons. The first kappa shape index (κ1) is 13.4. The zero-order chi connectivity index (χ0) is 11.6. The molecule has 0 aliphatic carbocycles. The van der Waals surface area contributed by atoms with E-state index in [2.05, 4.69) is 26.1 Å². The minimum absolute atomic E-state index is 0.000000000000000666. The molecule has 0 aromatic heterocycles. The first-order chi connectivity index (χ1) is 6.02. The Morgan fingerprint density at radius 1 is 1.21 bits per heavy atom. The van der Waals surface area contributed by atoms with Crippen LogP contribution in [0.25, 0.3) is 0 Å². The predicted molar refractivity (Wildman–Crippen MR) is 58.4 cm³/mol. The zero-order valence-electron chi connectivity index (χ0n) is 10.1. The SMILES string of the molecule is CC(C)(C)N[C@@H](CC(=O)O)C(C)(C)C. The third-order valence-electron chi connectivity index (χ3n) is 2.03. The molecule has 0 unspecified atom stereocenters. The van der Waals surface area contributed by atoms with Gasteiger partial charge in [0.1, 0.15) is 0 Å². The van der Waals surface area contributed by atoms with E-state index in [1.807, 2.05) is 20.8 Å². The summed E-state index contributed by atoms with van der Waals surface area (Å²) in [5, 5.41) is 12.2. The summed E-state index contributed by atoms with van der Waals surface area (Å²) in [6.45, 7) is 12.3. The Balaban J connectivity index is 4.50. The molecule has 3 nitrogen and oxygen atoms in total. The number of hydrogen-bond acceptors (Lipinski definition) is 2. The lowest BCUT2D eigenvalue weighted by atomic mass is 9.83. The Morgan fingerprint density at radius 3 is 1.86 bits per heavy atom. The van der Waals surface area contributed by atoms with Crippen molar-refractivity contribution in [3.63, 3.8) is 0 Å². The molecule has 0 fully saturated rings. The fraction of sp³-hybridized carbons (Fsp3) is 0.909. The Hall–Kier alpha value is -0.570. The Morgan fingerprint density at radius 2 is 1.64 bits per heavy atom. The highest BCUT2D eigenvalue weighted by atomic mass is 16.4. The lowest BCUT2D eigenvalue weighted by Crippen LogP contribution is -2.50. The number of nitrogens with one attached hydrogen (secondary N) is 1. The summed E-state index contributed by atoms with van der Waals surface area (Å²) < 4.78 is 0. The number of hydrogen-bond donors (Lipinski definition) is 2. The van der Waals surface area contributed by atoms with Crippen LogP contribution in [0.4, 0.5) is 0 Å². The van der Waals surface area contributed by atoms with Crippen molar-refractivity contribution in [1.29, 1.82) is 0 Å². The molecule has 3 heteroatoms. The molecular weight excluding hydrogens is 178 g/mol. The maximum absolute atomic E-state index is 10.7. The van der Waals surface area contributed by atoms with Gasteiger partial charge in [0, 0.05) is 11.6 Å². The van der Waals surface area contributed by atoms with Gasteiger partial charge in [-0.15, -0.1) is 0 Å². The Kier molecular flexibility index (Phi) is 4.13. The van der Waals surface area contributed by atoms with Gasteiger partial charge in [-0.25, -0.2) is 0 Å². The van der Waals surface area contributed by atoms with E-state index in [1.165, 1.54) is 0 Å². The third-order valence-corrected chi connectivity index (χ3v) is 2.03. The first-order valence-electron chi connectivity index (χ1n) is 5.02. The van der Waals surface area contributed by atoms with E-state index < -0.39 is 5.97 Å². The van der Waals surface area contributed by atoms with Crippen LogP contribution in [-0.2, 0) is 4.79 Å². The second-order valence-corrected chi connectivity index (χ2v) is 5.91. The monoisotopic (exact) mass is 201 g/mol. The van der Waals surface area contributed by atoms with Crippen LogP contribution in [0, 0.1) is 5.41 Å². The smallest absolute Gasteiger partial charge is 0.304 e. The van der Waals surface area contributed by atoms with Crippen molar-refractivity contribution in [2.75, 3.05) is 0 Å². The van der Waals surface area contributed by atoms with Crippen LogP contribution in [0.3, 0.4) is 0 Å². The van der Waals surface area contributed by atoms with Gasteiger partial charge in [0.25, 0.3) is 0 Å². The zero-order valence-corrected chi connectivity index (χ0v) is 10.1. The number of aliphatic carboxylic acids is 1. The van der Waals surface area contributed by atoms with Gasteiger partial charge in [-0.2, -0.15) is 0 Å². The largest absolute Gasteiger partial charge is 0.481 e. The molecule has 0 heterocycles. The molecule has 14 heavy (non-hydrogen) atoms. The lowest BCUT2D eigenvalue weighted by molar-refractivity contribution is -0.138. The summed E-state index contributed by atoms with van der Waals surface area (Å²) in [4.78, 5) is 10.7. The molecule has 0 aliphatic heterocycles. The van der Waals surface area contributed by atoms with Crippen molar-refractivity contribution >= 4 is 5.97 Å². The maximum Gasteiger partial charge on any atom is 0.304 e. The summed E-state index contributed by atoms with van der Waals surface area (Å²) in [5.74, 6) is -0.748. The molecular formula is C11H23NO2. The quantitative estimate of drug-likeness (QED) is 0.736. The van der Waals surface area contributed by atoms with Crippen LogP contribution >= 0.6 is 0 Å². The second-order valence-electron chi connectivity index (χ2n) is 5.91. The van der Waals surface area contributed by atoms with E-state index in [-0.39, 0.29) is 23.4 Å². The van der Waals surface area contributed by atoms with Gasteiger partial charge in [0.15, 0.2) is 0 Å². The molecule has 0 amide bonds. The van der Waals surface area contributed by atoms with Crippen LogP contribution in [0.15, 0.2) is 0 Å². The summed E-state index contributed by atoms with van der Waals surface area (Å²) in [5.41, 5.74) is -0.0843. The molecule has 1 atom stereocenters. The minimum Gasteiger partial charge on any atom is -0.481 e. The van der Waals surface area contributed by atoms with E-state index in [1.54, 1.807) is 0 Å². The number of rotatable bonds is 3. The van der Waals surface area contributed by atoms with E-state index in [9.17, 15) is 4.79 Å². The average molecular weight is 201 g/mol. The normalized spacial score (nSPS) is 15.3. The van der Waals surface area contributed by atoms with Gasteiger partial charge in [0.05, 0.1) is 6.42 Å². The number of carbonyl (C=O) groups is 1. The Bertz CT molecular complexity index is 198. The van der Waals surface area contributed by atoms with Crippen molar-refractivity contribution < 1.29 is 9.90 Å². The summed E-state index contributed by atoms with van der Waals surface area (Å²) in [6.07, 6.45) is 0.167. The van der Waals surface area contributed by atoms with Gasteiger partial charge >= 0.3 is 5.97 Å². The van der Waals surface area contributed by atoms with E-state index >= 15 is 0 Å². The van der Waals surface area contributed by atoms with Gasteiger partial charge < -0.3 is 10.4 Å². The highest BCUT2D eigenvalue weighted by molar-refractivity contribution is 5.67. The standard InChI is InChI=1S/C11H23NO2/c1-10(2,3)8(7-9(13)14)12-11(4,5)6/h8,12H,7H2,1-6H3,(H,13,14)/t8-/m0/s1. The summed E-state index contributed by atoms with van der Waals surface area (Å²) in [6, 6.07) is -0.000000000000000666. The molecule has 0 radical (unpaired) electrons. The maximum atomic E-state index is 10.7. The van der Waals surface area contributed by atoms with Crippen LogP contribution in [0.2, 0.25) is 0 Å². The predicted octanol–water partition coefficient (Wildman–Crippen LogP) is 2.26. The highest BCUT2D eigenvalue weighted by Crippen LogP contribution is 2.23. The van der Waals surface area contributed by atoms with Gasteiger partial charge in [-0.3, -0.25) is 4.79 Å². The average Bonchev–Trinajstić information content (AvgIpc) is 1.78. The molecule has 0 rings (SSSR count). The van der Waals surface area contributed by atoms with Crippen LogP contribution in [0.5, 0.6) is 0 Å². The van der Waals surface area contributed by atoms with Gasteiger partial charge in [-0.05, 0) is 26.2 Å². The van der Waals surface area contributed by atoms with Crippen molar-refractivity contribution in [1.82, 2.24) is 5.32 Å². The van der Waals surface area contributed by atoms with Crippen LogP contribution in [0.1, 0.15) is 48.0 Å². The molecule has 0 aliphatic rings. The van der Waals surface area contributed by atoms with E-state index in [0.29, 0.717) is 0 Å². The number of carboxylic acids is 1.